The van der Waals surface area contributed by atoms with Crippen molar-refractivity contribution in [2.75, 3.05) is 11.4 Å². The van der Waals surface area contributed by atoms with Crippen molar-refractivity contribution in [1.29, 1.82) is 0 Å². The number of benzene rings is 1. The molecule has 0 bridgehead atoms. The molecule has 3 rings (SSSR count). The Bertz CT molecular complexity index is 822. The summed E-state index contributed by atoms with van der Waals surface area (Å²) in [6, 6.07) is 3.93. The monoisotopic (exact) mass is 421 g/mol. The van der Waals surface area contributed by atoms with Gasteiger partial charge < -0.3 is 15.0 Å². The van der Waals surface area contributed by atoms with Gasteiger partial charge in [-0.1, -0.05) is 24.4 Å². The number of halogens is 1. The van der Waals surface area contributed by atoms with Crippen molar-refractivity contribution >= 4 is 41.1 Å². The van der Waals surface area contributed by atoms with Gasteiger partial charge in [-0.25, -0.2) is 9.59 Å². The van der Waals surface area contributed by atoms with Crippen molar-refractivity contribution in [3.05, 3.63) is 28.8 Å². The summed E-state index contributed by atoms with van der Waals surface area (Å²) in [5.74, 6) is -1.51. The van der Waals surface area contributed by atoms with E-state index in [2.05, 4.69) is 10.6 Å². The van der Waals surface area contributed by atoms with Crippen LogP contribution in [-0.2, 0) is 14.3 Å². The normalized spacial score (nSPS) is 17.9. The van der Waals surface area contributed by atoms with Crippen LogP contribution in [-0.4, -0.2) is 42.5 Å². The van der Waals surface area contributed by atoms with Gasteiger partial charge in [-0.2, -0.15) is 0 Å². The molecule has 1 atom stereocenters. The van der Waals surface area contributed by atoms with Crippen LogP contribution < -0.4 is 15.5 Å². The number of urea groups is 1. The summed E-state index contributed by atoms with van der Waals surface area (Å²) in [5.41, 5.74) is 0.607. The Morgan fingerprint density at radius 2 is 1.93 bits per heavy atom. The van der Waals surface area contributed by atoms with Crippen molar-refractivity contribution in [3.8, 4) is 0 Å². The maximum Gasteiger partial charge on any atom is 0.338 e. The van der Waals surface area contributed by atoms with Crippen LogP contribution in [0.25, 0.3) is 0 Å². The van der Waals surface area contributed by atoms with Gasteiger partial charge in [0.2, 0.25) is 5.91 Å². The summed E-state index contributed by atoms with van der Waals surface area (Å²) in [6.45, 7) is 1.92. The highest BCUT2D eigenvalue weighted by Gasteiger charge is 2.26. The molecule has 1 saturated heterocycles. The number of rotatable bonds is 5. The van der Waals surface area contributed by atoms with Crippen LogP contribution in [0.1, 0.15) is 55.8 Å². The highest BCUT2D eigenvalue weighted by molar-refractivity contribution is 6.34. The van der Waals surface area contributed by atoms with Gasteiger partial charge in [0.05, 0.1) is 16.3 Å². The Hall–Kier alpha value is -2.61. The Labute approximate surface area is 173 Å². The van der Waals surface area contributed by atoms with Gasteiger partial charge in [-0.3, -0.25) is 14.9 Å². The van der Waals surface area contributed by atoms with E-state index in [1.807, 2.05) is 0 Å². The summed E-state index contributed by atoms with van der Waals surface area (Å²) in [7, 11) is 0. The standard InChI is InChI=1S/C20H24ClN3O5/c1-12(18(26)23-20(28)22-14-5-2-3-6-14)29-19(27)13-8-9-15(21)16(11-13)24-10-4-7-17(24)25/h8-9,11-12,14H,2-7,10H2,1H3,(H2,22,23,26,28)/t12-/m0/s1. The Balaban J connectivity index is 1.58. The summed E-state index contributed by atoms with van der Waals surface area (Å²) in [4.78, 5) is 50.0. The number of carbonyl (C=O) groups excluding carboxylic acids is 4. The third-order valence-electron chi connectivity index (χ3n) is 5.13. The van der Waals surface area contributed by atoms with Gasteiger partial charge in [-0.05, 0) is 44.4 Å². The lowest BCUT2D eigenvalue weighted by atomic mass is 10.2. The van der Waals surface area contributed by atoms with E-state index in [1.165, 1.54) is 30.0 Å². The van der Waals surface area contributed by atoms with E-state index in [9.17, 15) is 19.2 Å². The number of carbonyl (C=O) groups is 4. The SMILES string of the molecule is C[C@H](OC(=O)c1ccc(Cl)c(N2CCCC2=O)c1)C(=O)NC(=O)NC1CCCC1. The second-order valence-corrected chi connectivity index (χ2v) is 7.71. The van der Waals surface area contributed by atoms with Crippen molar-refractivity contribution in [1.82, 2.24) is 10.6 Å². The molecule has 0 unspecified atom stereocenters. The number of nitrogens with zero attached hydrogens (tertiary/aromatic N) is 1. The fourth-order valence-electron chi connectivity index (χ4n) is 3.54. The molecule has 29 heavy (non-hydrogen) atoms. The van der Waals surface area contributed by atoms with E-state index in [0.29, 0.717) is 23.7 Å². The molecule has 4 amide bonds. The van der Waals surface area contributed by atoms with Gasteiger partial charge in [0.15, 0.2) is 6.10 Å². The number of amides is 4. The van der Waals surface area contributed by atoms with Gasteiger partial charge in [-0.15, -0.1) is 0 Å². The maximum atomic E-state index is 12.4. The first kappa shape index (κ1) is 21.1. The fourth-order valence-corrected chi connectivity index (χ4v) is 3.76. The molecule has 0 spiro atoms. The smallest absolute Gasteiger partial charge is 0.338 e. The molecule has 8 nitrogen and oxygen atoms in total. The van der Waals surface area contributed by atoms with Crippen LogP contribution in [0.5, 0.6) is 0 Å². The van der Waals surface area contributed by atoms with Gasteiger partial charge >= 0.3 is 12.0 Å². The average molecular weight is 422 g/mol. The number of anilines is 1. The topological polar surface area (TPSA) is 105 Å². The van der Waals surface area contributed by atoms with Gasteiger partial charge in [0.25, 0.3) is 5.91 Å². The van der Waals surface area contributed by atoms with E-state index >= 15 is 0 Å². The molecule has 2 N–H and O–H groups in total. The molecule has 2 fully saturated rings. The summed E-state index contributed by atoms with van der Waals surface area (Å²) < 4.78 is 5.18. The molecule has 1 aromatic carbocycles. The fraction of sp³-hybridized carbons (Fsp3) is 0.500. The van der Waals surface area contributed by atoms with E-state index in [-0.39, 0.29) is 17.5 Å². The summed E-state index contributed by atoms with van der Waals surface area (Å²) >= 11 is 6.17. The molecule has 1 aliphatic carbocycles. The minimum atomic E-state index is -1.16. The second-order valence-electron chi connectivity index (χ2n) is 7.31. The van der Waals surface area contributed by atoms with Crippen molar-refractivity contribution in [3.63, 3.8) is 0 Å². The maximum absolute atomic E-state index is 12.4. The molecule has 1 aromatic rings. The first-order valence-corrected chi connectivity index (χ1v) is 10.1. The number of ether oxygens (including phenoxy) is 1. The van der Waals surface area contributed by atoms with E-state index in [1.54, 1.807) is 0 Å². The first-order valence-electron chi connectivity index (χ1n) is 9.77. The molecule has 1 saturated carbocycles. The highest BCUT2D eigenvalue weighted by Crippen LogP contribution is 2.30. The zero-order valence-electron chi connectivity index (χ0n) is 16.2. The van der Waals surface area contributed by atoms with Crippen LogP contribution in [0.2, 0.25) is 5.02 Å². The largest absolute Gasteiger partial charge is 0.449 e. The van der Waals surface area contributed by atoms with E-state index in [0.717, 1.165) is 32.1 Å². The van der Waals surface area contributed by atoms with Crippen molar-refractivity contribution in [2.24, 2.45) is 0 Å². The molecule has 0 aromatic heterocycles. The zero-order valence-corrected chi connectivity index (χ0v) is 17.0. The molecule has 0 radical (unpaired) electrons. The molecule has 2 aliphatic rings. The van der Waals surface area contributed by atoms with Crippen LogP contribution in [0.15, 0.2) is 18.2 Å². The lowest BCUT2D eigenvalue weighted by Crippen LogP contribution is -2.47. The number of hydrogen-bond donors (Lipinski definition) is 2. The van der Waals surface area contributed by atoms with Crippen LogP contribution in [0.3, 0.4) is 0 Å². The second kappa shape index (κ2) is 9.26. The Morgan fingerprint density at radius 3 is 2.59 bits per heavy atom. The molecule has 156 valence electrons. The molecular weight excluding hydrogens is 398 g/mol. The number of nitrogens with one attached hydrogen (secondary N) is 2. The summed E-state index contributed by atoms with van der Waals surface area (Å²) in [6.07, 6.45) is 3.90. The predicted molar refractivity (Wildman–Crippen MR) is 107 cm³/mol. The Morgan fingerprint density at radius 1 is 1.21 bits per heavy atom. The number of hydrogen-bond acceptors (Lipinski definition) is 5. The lowest BCUT2D eigenvalue weighted by molar-refractivity contribution is -0.128. The van der Waals surface area contributed by atoms with Crippen molar-refractivity contribution < 1.29 is 23.9 Å². The molecule has 1 heterocycles. The molecular formula is C20H24ClN3O5. The number of esters is 1. The molecule has 1 aliphatic heterocycles. The Kier molecular flexibility index (Phi) is 6.74. The number of imide groups is 1. The van der Waals surface area contributed by atoms with Gasteiger partial charge in [0.1, 0.15) is 0 Å². The van der Waals surface area contributed by atoms with E-state index < -0.39 is 24.0 Å². The van der Waals surface area contributed by atoms with Crippen LogP contribution >= 0.6 is 11.6 Å². The minimum Gasteiger partial charge on any atom is -0.449 e. The quantitative estimate of drug-likeness (QED) is 0.711. The van der Waals surface area contributed by atoms with Gasteiger partial charge in [0, 0.05) is 19.0 Å². The zero-order chi connectivity index (χ0) is 21.0. The van der Waals surface area contributed by atoms with Crippen LogP contribution in [0.4, 0.5) is 10.5 Å². The van der Waals surface area contributed by atoms with Crippen molar-refractivity contribution in [2.45, 2.75) is 57.6 Å². The minimum absolute atomic E-state index is 0.0570. The first-order chi connectivity index (χ1) is 13.8. The highest BCUT2D eigenvalue weighted by atomic mass is 35.5. The third-order valence-corrected chi connectivity index (χ3v) is 5.45. The lowest BCUT2D eigenvalue weighted by Gasteiger charge is -2.19. The van der Waals surface area contributed by atoms with Crippen LogP contribution in [0, 0.1) is 0 Å². The van der Waals surface area contributed by atoms with E-state index in [4.69, 9.17) is 16.3 Å². The average Bonchev–Trinajstić information content (AvgIpc) is 3.33. The third kappa shape index (κ3) is 5.26. The molecule has 9 heteroatoms. The summed E-state index contributed by atoms with van der Waals surface area (Å²) in [5, 5.41) is 5.28. The predicted octanol–water partition coefficient (Wildman–Crippen LogP) is 2.78.